The Kier molecular flexibility index (Phi) is 5.27. The second-order valence-electron chi connectivity index (χ2n) is 6.20. The molecular formula is C16H26N2O2S. The lowest BCUT2D eigenvalue weighted by Crippen LogP contribution is -2.41. The Hall–Kier alpha value is -1.07. The number of hydrogen-bond donors (Lipinski definition) is 1. The van der Waals surface area contributed by atoms with Gasteiger partial charge in [0, 0.05) is 18.8 Å². The van der Waals surface area contributed by atoms with E-state index in [4.69, 9.17) is 0 Å². The van der Waals surface area contributed by atoms with E-state index in [1.807, 2.05) is 12.1 Å². The lowest BCUT2D eigenvalue weighted by atomic mass is 9.98. The number of anilines is 1. The molecule has 118 valence electrons. The van der Waals surface area contributed by atoms with Crippen LogP contribution in [-0.4, -0.2) is 40.3 Å². The topological polar surface area (TPSA) is 49.4 Å². The molecule has 1 fully saturated rings. The molecule has 1 saturated heterocycles. The summed E-state index contributed by atoms with van der Waals surface area (Å²) >= 11 is 0. The van der Waals surface area contributed by atoms with Crippen molar-refractivity contribution in [1.82, 2.24) is 5.32 Å². The van der Waals surface area contributed by atoms with Crippen LogP contribution in [0.25, 0.3) is 0 Å². The number of benzene rings is 1. The first-order valence-electron chi connectivity index (χ1n) is 7.66. The molecular weight excluding hydrogens is 284 g/mol. The first kappa shape index (κ1) is 16.3. The van der Waals surface area contributed by atoms with Gasteiger partial charge in [0.2, 0.25) is 0 Å². The summed E-state index contributed by atoms with van der Waals surface area (Å²) in [5.41, 5.74) is 0.834. The Balaban J connectivity index is 2.30. The van der Waals surface area contributed by atoms with Crippen molar-refractivity contribution in [2.24, 2.45) is 5.92 Å². The van der Waals surface area contributed by atoms with Crippen molar-refractivity contribution in [2.45, 2.75) is 37.6 Å². The van der Waals surface area contributed by atoms with Crippen LogP contribution in [0.2, 0.25) is 0 Å². The number of piperidine rings is 1. The third kappa shape index (κ3) is 4.20. The minimum Gasteiger partial charge on any atom is -0.368 e. The van der Waals surface area contributed by atoms with E-state index in [1.165, 1.54) is 19.1 Å². The van der Waals surface area contributed by atoms with Crippen molar-refractivity contribution in [3.63, 3.8) is 0 Å². The molecule has 0 bridgehead atoms. The van der Waals surface area contributed by atoms with Crippen LogP contribution >= 0.6 is 0 Å². The van der Waals surface area contributed by atoms with E-state index in [2.05, 4.69) is 24.1 Å². The molecule has 1 aromatic rings. The predicted molar refractivity (Wildman–Crippen MR) is 87.6 cm³/mol. The molecule has 1 heterocycles. The molecule has 2 rings (SSSR count). The van der Waals surface area contributed by atoms with E-state index < -0.39 is 9.84 Å². The zero-order valence-electron chi connectivity index (χ0n) is 13.2. The molecule has 0 amide bonds. The highest BCUT2D eigenvalue weighted by molar-refractivity contribution is 7.90. The highest BCUT2D eigenvalue weighted by atomic mass is 32.2. The number of nitrogens with zero attached hydrogens (tertiary/aromatic N) is 1. The number of sulfone groups is 1. The van der Waals surface area contributed by atoms with Crippen LogP contribution in [0.1, 0.15) is 26.7 Å². The number of hydrogen-bond acceptors (Lipinski definition) is 4. The minimum atomic E-state index is -3.21. The third-order valence-corrected chi connectivity index (χ3v) is 5.20. The molecule has 0 aromatic heterocycles. The first-order valence-corrected chi connectivity index (χ1v) is 9.55. The van der Waals surface area contributed by atoms with Crippen LogP contribution in [0, 0.1) is 5.92 Å². The summed E-state index contributed by atoms with van der Waals surface area (Å²) in [5, 5.41) is 3.43. The van der Waals surface area contributed by atoms with Crippen LogP contribution in [0.15, 0.2) is 29.2 Å². The highest BCUT2D eigenvalue weighted by Crippen LogP contribution is 2.28. The van der Waals surface area contributed by atoms with Gasteiger partial charge in [0.15, 0.2) is 9.84 Å². The van der Waals surface area contributed by atoms with E-state index in [9.17, 15) is 8.42 Å². The average Bonchev–Trinajstić information content (AvgIpc) is 2.45. The maximum atomic E-state index is 12.0. The molecule has 0 spiro atoms. The normalized spacial score (nSPS) is 19.7. The summed E-state index contributed by atoms with van der Waals surface area (Å²) in [4.78, 5) is 2.66. The van der Waals surface area contributed by atoms with Gasteiger partial charge >= 0.3 is 0 Å². The summed E-state index contributed by atoms with van der Waals surface area (Å²) in [5.74, 6) is 0.578. The molecule has 4 nitrogen and oxygen atoms in total. The lowest BCUT2D eigenvalue weighted by molar-refractivity contribution is 0.370. The molecule has 0 aliphatic carbocycles. The molecule has 21 heavy (non-hydrogen) atoms. The van der Waals surface area contributed by atoms with Crippen LogP contribution in [0.4, 0.5) is 5.69 Å². The molecule has 1 atom stereocenters. The van der Waals surface area contributed by atoms with Gasteiger partial charge < -0.3 is 10.2 Å². The smallest absolute Gasteiger partial charge is 0.177 e. The van der Waals surface area contributed by atoms with E-state index in [1.54, 1.807) is 12.1 Å². The summed E-state index contributed by atoms with van der Waals surface area (Å²) < 4.78 is 24.1. The van der Waals surface area contributed by atoms with Gasteiger partial charge in [-0.05, 0) is 57.8 Å². The third-order valence-electron chi connectivity index (χ3n) is 4.05. The predicted octanol–water partition coefficient (Wildman–Crippen LogP) is 2.30. The van der Waals surface area contributed by atoms with Crippen molar-refractivity contribution >= 4 is 15.5 Å². The van der Waals surface area contributed by atoms with Gasteiger partial charge in [-0.3, -0.25) is 0 Å². The van der Waals surface area contributed by atoms with Gasteiger partial charge in [-0.1, -0.05) is 12.1 Å². The van der Waals surface area contributed by atoms with Crippen molar-refractivity contribution in [3.05, 3.63) is 24.3 Å². The van der Waals surface area contributed by atoms with Gasteiger partial charge in [0.05, 0.1) is 10.6 Å². The first-order chi connectivity index (χ1) is 9.89. The SMILES string of the molecule is CC(C)N(CC1CCCNC1)c1ccccc1S(C)(=O)=O. The summed E-state index contributed by atoms with van der Waals surface area (Å²) in [7, 11) is -3.21. The maximum Gasteiger partial charge on any atom is 0.177 e. The molecule has 0 radical (unpaired) electrons. The Morgan fingerprint density at radius 3 is 2.62 bits per heavy atom. The van der Waals surface area contributed by atoms with Crippen molar-refractivity contribution in [1.29, 1.82) is 0 Å². The standard InChI is InChI=1S/C16H26N2O2S/c1-13(2)18(12-14-7-6-10-17-11-14)15-8-4-5-9-16(15)21(3,19)20/h4-5,8-9,13-14,17H,6-7,10-12H2,1-3H3. The summed E-state index contributed by atoms with van der Waals surface area (Å²) in [6, 6.07) is 7.61. The van der Waals surface area contributed by atoms with Gasteiger partial charge in [-0.15, -0.1) is 0 Å². The fourth-order valence-electron chi connectivity index (χ4n) is 2.95. The van der Waals surface area contributed by atoms with Gasteiger partial charge in [-0.25, -0.2) is 8.42 Å². The molecule has 1 aliphatic heterocycles. The number of nitrogens with one attached hydrogen (secondary N) is 1. The molecule has 1 N–H and O–H groups in total. The lowest BCUT2D eigenvalue weighted by Gasteiger charge is -2.35. The Bertz CT molecular complexity index is 563. The largest absolute Gasteiger partial charge is 0.368 e. The van der Waals surface area contributed by atoms with E-state index in [0.29, 0.717) is 10.8 Å². The number of para-hydroxylation sites is 1. The fraction of sp³-hybridized carbons (Fsp3) is 0.625. The van der Waals surface area contributed by atoms with Gasteiger partial charge in [-0.2, -0.15) is 0 Å². The summed E-state index contributed by atoms with van der Waals surface area (Å²) in [6.07, 6.45) is 3.69. The van der Waals surface area contributed by atoms with Gasteiger partial charge in [0.25, 0.3) is 0 Å². The van der Waals surface area contributed by atoms with Crippen LogP contribution in [0.5, 0.6) is 0 Å². The van der Waals surface area contributed by atoms with Crippen LogP contribution < -0.4 is 10.2 Å². The summed E-state index contributed by atoms with van der Waals surface area (Å²) in [6.45, 7) is 7.25. The Labute approximate surface area is 128 Å². The highest BCUT2D eigenvalue weighted by Gasteiger charge is 2.23. The average molecular weight is 310 g/mol. The molecule has 1 unspecified atom stereocenters. The van der Waals surface area contributed by atoms with E-state index >= 15 is 0 Å². The quantitative estimate of drug-likeness (QED) is 0.906. The van der Waals surface area contributed by atoms with Crippen LogP contribution in [-0.2, 0) is 9.84 Å². The van der Waals surface area contributed by atoms with Crippen molar-refractivity contribution in [2.75, 3.05) is 30.8 Å². The minimum absolute atomic E-state index is 0.273. The van der Waals surface area contributed by atoms with E-state index in [-0.39, 0.29) is 6.04 Å². The van der Waals surface area contributed by atoms with Crippen molar-refractivity contribution < 1.29 is 8.42 Å². The molecule has 1 aliphatic rings. The van der Waals surface area contributed by atoms with Crippen LogP contribution in [0.3, 0.4) is 0 Å². The molecule has 0 saturated carbocycles. The van der Waals surface area contributed by atoms with Crippen molar-refractivity contribution in [3.8, 4) is 0 Å². The second kappa shape index (κ2) is 6.79. The monoisotopic (exact) mass is 310 g/mol. The van der Waals surface area contributed by atoms with E-state index in [0.717, 1.165) is 25.3 Å². The molecule has 5 heteroatoms. The maximum absolute atomic E-state index is 12.0. The fourth-order valence-corrected chi connectivity index (χ4v) is 3.84. The van der Waals surface area contributed by atoms with Gasteiger partial charge in [0.1, 0.15) is 0 Å². The zero-order chi connectivity index (χ0) is 15.5. The Morgan fingerprint density at radius 1 is 1.33 bits per heavy atom. The number of rotatable bonds is 5. The Morgan fingerprint density at radius 2 is 2.05 bits per heavy atom. The second-order valence-corrected chi connectivity index (χ2v) is 8.18. The zero-order valence-corrected chi connectivity index (χ0v) is 14.0. The molecule has 1 aromatic carbocycles.